The average Bonchev–Trinajstić information content (AvgIpc) is 2.62. The summed E-state index contributed by atoms with van der Waals surface area (Å²) in [6.07, 6.45) is 0. The van der Waals surface area contributed by atoms with Gasteiger partial charge in [-0.3, -0.25) is 9.69 Å². The van der Waals surface area contributed by atoms with E-state index in [1.54, 1.807) is 0 Å². The van der Waals surface area contributed by atoms with Crippen LogP contribution in [0.15, 0.2) is 48.5 Å². The minimum Gasteiger partial charge on any atom is -0.324 e. The summed E-state index contributed by atoms with van der Waals surface area (Å²) in [5.41, 5.74) is 4.25. The molecule has 0 spiro atoms. The van der Waals surface area contributed by atoms with Gasteiger partial charge in [0, 0.05) is 31.9 Å². The van der Waals surface area contributed by atoms with Crippen LogP contribution in [-0.2, 0) is 4.79 Å². The van der Waals surface area contributed by atoms with Gasteiger partial charge in [0.1, 0.15) is 6.04 Å². The number of amides is 1. The third-order valence-corrected chi connectivity index (χ3v) is 5.07. The van der Waals surface area contributed by atoms with Gasteiger partial charge in [0.15, 0.2) is 0 Å². The Morgan fingerprint density at radius 1 is 1.00 bits per heavy atom. The van der Waals surface area contributed by atoms with Crippen LogP contribution in [0.5, 0.6) is 0 Å². The Morgan fingerprint density at radius 3 is 2.19 bits per heavy atom. The lowest BCUT2D eigenvalue weighted by Crippen LogP contribution is -2.49. The molecular weight excluding hydrogens is 322 g/mol. The molecule has 1 amide bonds. The lowest BCUT2D eigenvalue weighted by atomic mass is 10.0. The highest BCUT2D eigenvalue weighted by atomic mass is 16.2. The van der Waals surface area contributed by atoms with Crippen molar-refractivity contribution in [2.24, 2.45) is 0 Å². The van der Waals surface area contributed by atoms with E-state index >= 15 is 0 Å². The molecule has 4 heteroatoms. The first-order valence-corrected chi connectivity index (χ1v) is 9.47. The first kappa shape index (κ1) is 18.6. The number of nitrogens with one attached hydrogen (secondary N) is 1. The lowest BCUT2D eigenvalue weighted by molar-refractivity contribution is -0.122. The number of nitrogens with zero attached hydrogens (tertiary/aromatic N) is 2. The first-order valence-electron chi connectivity index (χ1n) is 9.47. The van der Waals surface area contributed by atoms with Gasteiger partial charge in [-0.05, 0) is 49.2 Å². The quantitative estimate of drug-likeness (QED) is 0.894. The molecule has 2 aromatic rings. The SMILES string of the molecule is CCN1CCN([C@@H](C(=O)Nc2cc(C)cc(C)c2)c2ccccc2)CC1. The van der Waals surface area contributed by atoms with Crippen LogP contribution in [-0.4, -0.2) is 48.4 Å². The zero-order valence-corrected chi connectivity index (χ0v) is 16.0. The van der Waals surface area contributed by atoms with Gasteiger partial charge in [-0.2, -0.15) is 0 Å². The molecule has 138 valence electrons. The Morgan fingerprint density at radius 2 is 1.62 bits per heavy atom. The maximum absolute atomic E-state index is 13.2. The van der Waals surface area contributed by atoms with E-state index < -0.39 is 0 Å². The van der Waals surface area contributed by atoms with Crippen molar-refractivity contribution in [3.63, 3.8) is 0 Å². The molecule has 1 fully saturated rings. The lowest BCUT2D eigenvalue weighted by Gasteiger charge is -2.38. The van der Waals surface area contributed by atoms with Crippen LogP contribution in [0.1, 0.15) is 29.7 Å². The normalized spacial score (nSPS) is 17.0. The zero-order chi connectivity index (χ0) is 18.5. The Kier molecular flexibility index (Phi) is 6.07. The summed E-state index contributed by atoms with van der Waals surface area (Å²) in [5.74, 6) is 0.0474. The number of anilines is 1. The summed E-state index contributed by atoms with van der Waals surface area (Å²) in [4.78, 5) is 18.0. The number of rotatable bonds is 5. The van der Waals surface area contributed by atoms with Crippen LogP contribution in [0.25, 0.3) is 0 Å². The molecule has 3 rings (SSSR count). The number of hydrogen-bond donors (Lipinski definition) is 1. The van der Waals surface area contributed by atoms with Crippen molar-refractivity contribution < 1.29 is 4.79 Å². The van der Waals surface area contributed by atoms with Gasteiger partial charge in [0.05, 0.1) is 0 Å². The number of aryl methyl sites for hydroxylation is 2. The second-order valence-electron chi connectivity index (χ2n) is 7.15. The van der Waals surface area contributed by atoms with Crippen molar-refractivity contribution in [2.45, 2.75) is 26.8 Å². The number of carbonyl (C=O) groups excluding carboxylic acids is 1. The van der Waals surface area contributed by atoms with Crippen molar-refractivity contribution in [3.8, 4) is 0 Å². The van der Waals surface area contributed by atoms with Crippen LogP contribution in [0.2, 0.25) is 0 Å². The van der Waals surface area contributed by atoms with Gasteiger partial charge in [-0.15, -0.1) is 0 Å². The largest absolute Gasteiger partial charge is 0.324 e. The molecule has 0 saturated carbocycles. The number of hydrogen-bond acceptors (Lipinski definition) is 3. The minimum absolute atomic E-state index is 0.0474. The van der Waals surface area contributed by atoms with Crippen LogP contribution in [0.4, 0.5) is 5.69 Å². The highest BCUT2D eigenvalue weighted by Gasteiger charge is 2.30. The standard InChI is InChI=1S/C22H29N3O/c1-4-24-10-12-25(13-11-24)21(19-8-6-5-7-9-19)22(26)23-20-15-17(2)14-18(3)16-20/h5-9,14-16,21H,4,10-13H2,1-3H3,(H,23,26)/t21-/m1/s1. The fraction of sp³-hybridized carbons (Fsp3) is 0.409. The average molecular weight is 351 g/mol. The third kappa shape index (κ3) is 4.51. The van der Waals surface area contributed by atoms with Gasteiger partial charge in [-0.25, -0.2) is 0 Å². The third-order valence-electron chi connectivity index (χ3n) is 5.07. The Bertz CT molecular complexity index is 716. The number of likely N-dealkylation sites (N-methyl/N-ethyl adjacent to an activating group) is 1. The van der Waals surface area contributed by atoms with E-state index in [1.807, 2.05) is 30.3 Å². The topological polar surface area (TPSA) is 35.6 Å². The number of benzene rings is 2. The predicted octanol–water partition coefficient (Wildman–Crippen LogP) is 3.62. The maximum Gasteiger partial charge on any atom is 0.246 e. The molecule has 2 aromatic carbocycles. The van der Waals surface area contributed by atoms with E-state index in [2.05, 4.69) is 54.1 Å². The van der Waals surface area contributed by atoms with Gasteiger partial charge >= 0.3 is 0 Å². The van der Waals surface area contributed by atoms with E-state index in [4.69, 9.17) is 0 Å². The molecule has 1 atom stereocenters. The van der Waals surface area contributed by atoms with Crippen molar-refractivity contribution >= 4 is 11.6 Å². The molecule has 0 radical (unpaired) electrons. The van der Waals surface area contributed by atoms with Crippen molar-refractivity contribution in [1.29, 1.82) is 0 Å². The highest BCUT2D eigenvalue weighted by Crippen LogP contribution is 2.25. The summed E-state index contributed by atoms with van der Waals surface area (Å²) in [7, 11) is 0. The molecule has 1 heterocycles. The van der Waals surface area contributed by atoms with Crippen molar-refractivity contribution in [3.05, 3.63) is 65.2 Å². The fourth-order valence-corrected chi connectivity index (χ4v) is 3.76. The van der Waals surface area contributed by atoms with Gasteiger partial charge < -0.3 is 10.2 Å². The summed E-state index contributed by atoms with van der Waals surface area (Å²) in [6.45, 7) is 11.2. The Balaban J connectivity index is 1.82. The van der Waals surface area contributed by atoms with Crippen LogP contribution in [0, 0.1) is 13.8 Å². The van der Waals surface area contributed by atoms with Gasteiger partial charge in [0.2, 0.25) is 5.91 Å². The molecule has 0 aromatic heterocycles. The molecule has 1 saturated heterocycles. The summed E-state index contributed by atoms with van der Waals surface area (Å²) < 4.78 is 0. The smallest absolute Gasteiger partial charge is 0.246 e. The minimum atomic E-state index is -0.254. The van der Waals surface area contributed by atoms with E-state index in [0.29, 0.717) is 0 Å². The molecule has 1 N–H and O–H groups in total. The molecule has 4 nitrogen and oxygen atoms in total. The molecular formula is C22H29N3O. The van der Waals surface area contributed by atoms with Crippen LogP contribution < -0.4 is 5.32 Å². The predicted molar refractivity (Wildman–Crippen MR) is 107 cm³/mol. The zero-order valence-electron chi connectivity index (χ0n) is 16.0. The van der Waals surface area contributed by atoms with E-state index in [-0.39, 0.29) is 11.9 Å². The van der Waals surface area contributed by atoms with E-state index in [1.165, 1.54) is 0 Å². The maximum atomic E-state index is 13.2. The second-order valence-corrected chi connectivity index (χ2v) is 7.15. The molecule has 1 aliphatic rings. The second kappa shape index (κ2) is 8.47. The van der Waals surface area contributed by atoms with E-state index in [0.717, 1.165) is 55.1 Å². The number of piperazine rings is 1. The Labute approximate surface area is 156 Å². The molecule has 0 bridgehead atoms. The fourth-order valence-electron chi connectivity index (χ4n) is 3.76. The summed E-state index contributed by atoms with van der Waals surface area (Å²) >= 11 is 0. The highest BCUT2D eigenvalue weighted by molar-refractivity contribution is 5.95. The Hall–Kier alpha value is -2.17. The molecule has 0 unspecified atom stereocenters. The van der Waals surface area contributed by atoms with E-state index in [9.17, 15) is 4.79 Å². The molecule has 26 heavy (non-hydrogen) atoms. The van der Waals surface area contributed by atoms with Crippen molar-refractivity contribution in [2.75, 3.05) is 38.0 Å². The summed E-state index contributed by atoms with van der Waals surface area (Å²) in [6, 6.07) is 16.0. The molecule has 1 aliphatic heterocycles. The van der Waals surface area contributed by atoms with Crippen LogP contribution >= 0.6 is 0 Å². The van der Waals surface area contributed by atoms with Gasteiger partial charge in [0.25, 0.3) is 0 Å². The molecule has 0 aliphatic carbocycles. The number of carbonyl (C=O) groups is 1. The van der Waals surface area contributed by atoms with Crippen molar-refractivity contribution in [1.82, 2.24) is 9.80 Å². The van der Waals surface area contributed by atoms with Crippen LogP contribution in [0.3, 0.4) is 0 Å². The van der Waals surface area contributed by atoms with Gasteiger partial charge in [-0.1, -0.05) is 43.3 Å². The monoisotopic (exact) mass is 351 g/mol. The summed E-state index contributed by atoms with van der Waals surface area (Å²) in [5, 5.41) is 3.15. The first-order chi connectivity index (χ1) is 12.6.